The van der Waals surface area contributed by atoms with E-state index in [-0.39, 0.29) is 23.5 Å². The van der Waals surface area contributed by atoms with Gasteiger partial charge in [0.1, 0.15) is 6.04 Å². The fourth-order valence-corrected chi connectivity index (χ4v) is 7.70. The zero-order valence-electron chi connectivity index (χ0n) is 22.9. The van der Waals surface area contributed by atoms with Crippen LogP contribution in [-0.2, 0) is 9.59 Å². The molecule has 1 saturated carbocycles. The number of hydrogen-bond donors (Lipinski definition) is 1. The lowest BCUT2D eigenvalue weighted by Crippen LogP contribution is -2.55. The van der Waals surface area contributed by atoms with Crippen LogP contribution in [0.4, 0.5) is 0 Å². The van der Waals surface area contributed by atoms with Gasteiger partial charge in [-0.15, -0.1) is 11.3 Å². The minimum atomic E-state index is -0.826. The third kappa shape index (κ3) is 5.20. The van der Waals surface area contributed by atoms with E-state index in [0.29, 0.717) is 36.6 Å². The van der Waals surface area contributed by atoms with Crippen molar-refractivity contribution in [2.75, 3.05) is 26.2 Å². The number of nitriles is 1. The van der Waals surface area contributed by atoms with Gasteiger partial charge >= 0.3 is 0 Å². The number of rotatable bonds is 6. The van der Waals surface area contributed by atoms with E-state index in [4.69, 9.17) is 0 Å². The van der Waals surface area contributed by atoms with Crippen molar-refractivity contribution in [3.63, 3.8) is 0 Å². The minimum Gasteiger partial charge on any atom is -0.338 e. The Balaban J connectivity index is 1.57. The first-order chi connectivity index (χ1) is 20.1. The van der Waals surface area contributed by atoms with Crippen molar-refractivity contribution in [1.82, 2.24) is 15.1 Å². The molecule has 210 valence electrons. The smallest absolute Gasteiger partial charge is 0.246 e. The maximum absolute atomic E-state index is 14.6. The summed E-state index contributed by atoms with van der Waals surface area (Å²) in [5.41, 5.74) is 2.18. The Labute approximate surface area is 244 Å². The Morgan fingerprint density at radius 2 is 1.56 bits per heavy atom. The van der Waals surface area contributed by atoms with Crippen molar-refractivity contribution in [3.05, 3.63) is 93.7 Å². The second-order valence-electron chi connectivity index (χ2n) is 11.2. The van der Waals surface area contributed by atoms with Gasteiger partial charge in [0, 0.05) is 38.0 Å². The third-order valence-electron chi connectivity index (χ3n) is 8.94. The molecule has 41 heavy (non-hydrogen) atoms. The molecule has 4 atom stereocenters. The highest BCUT2D eigenvalue weighted by atomic mass is 32.1. The number of nitrogens with zero attached hydrogens (tertiary/aromatic N) is 3. The van der Waals surface area contributed by atoms with E-state index in [2.05, 4.69) is 11.4 Å². The van der Waals surface area contributed by atoms with Crippen LogP contribution in [0.1, 0.15) is 64.0 Å². The molecule has 0 radical (unpaired) electrons. The number of piperazine rings is 1. The fourth-order valence-electron chi connectivity index (χ4n) is 6.99. The van der Waals surface area contributed by atoms with Gasteiger partial charge in [-0.25, -0.2) is 0 Å². The van der Waals surface area contributed by atoms with Gasteiger partial charge in [0.05, 0.1) is 28.5 Å². The van der Waals surface area contributed by atoms with Crippen LogP contribution in [0.25, 0.3) is 0 Å². The maximum Gasteiger partial charge on any atom is 0.246 e. The lowest BCUT2D eigenvalue weighted by molar-refractivity contribution is -0.148. The summed E-state index contributed by atoms with van der Waals surface area (Å²) >= 11 is 1.39. The molecule has 3 heterocycles. The van der Waals surface area contributed by atoms with Crippen molar-refractivity contribution >= 4 is 28.9 Å². The third-order valence-corrected chi connectivity index (χ3v) is 9.82. The van der Waals surface area contributed by atoms with Crippen molar-refractivity contribution < 1.29 is 14.4 Å². The van der Waals surface area contributed by atoms with E-state index < -0.39 is 23.9 Å². The van der Waals surface area contributed by atoms with Crippen molar-refractivity contribution in [2.24, 2.45) is 11.8 Å². The van der Waals surface area contributed by atoms with Gasteiger partial charge in [0.25, 0.3) is 0 Å². The largest absolute Gasteiger partial charge is 0.338 e. The molecule has 6 rings (SSSR count). The second-order valence-corrected chi connectivity index (χ2v) is 12.2. The number of thiophene rings is 1. The molecule has 0 bridgehead atoms. The number of benzene rings is 2. The number of amides is 2. The molecule has 1 N–H and O–H groups in total. The SMILES string of the molecule is N#Cc1ccc(C2C(C(=O)c3cccs3)C(c3ccccc3)N(C(=O)C3CCCC3)C2C(=O)N2CCNCC2)cc1. The molecule has 1 aromatic heterocycles. The first kappa shape index (κ1) is 27.4. The van der Waals surface area contributed by atoms with Crippen molar-refractivity contribution in [3.8, 4) is 6.07 Å². The lowest BCUT2D eigenvalue weighted by atomic mass is 9.77. The maximum atomic E-state index is 14.6. The molecule has 2 amide bonds. The number of carbonyl (C=O) groups excluding carboxylic acids is 3. The summed E-state index contributed by atoms with van der Waals surface area (Å²) in [6.07, 6.45) is 3.59. The number of carbonyl (C=O) groups is 3. The topological polar surface area (TPSA) is 93.5 Å². The molecule has 2 aromatic carbocycles. The summed E-state index contributed by atoms with van der Waals surface area (Å²) in [6.45, 7) is 2.49. The van der Waals surface area contributed by atoms with Crippen molar-refractivity contribution in [2.45, 2.75) is 43.7 Å². The predicted octanol–water partition coefficient (Wildman–Crippen LogP) is 4.78. The van der Waals surface area contributed by atoms with E-state index in [0.717, 1.165) is 36.8 Å². The number of hydrogen-bond acceptors (Lipinski definition) is 6. The molecular weight excluding hydrogens is 532 g/mol. The number of ketones is 1. The molecule has 8 heteroatoms. The minimum absolute atomic E-state index is 0.0232. The molecule has 2 aliphatic heterocycles. The molecule has 3 aliphatic rings. The highest BCUT2D eigenvalue weighted by Crippen LogP contribution is 2.53. The van der Waals surface area contributed by atoms with Crippen LogP contribution < -0.4 is 5.32 Å². The number of Topliss-reactive ketones (excluding diaryl/α,β-unsaturated/α-hetero) is 1. The average Bonchev–Trinajstić information content (AvgIpc) is 3.82. The molecule has 2 saturated heterocycles. The summed E-state index contributed by atoms with van der Waals surface area (Å²) in [4.78, 5) is 48.0. The van der Waals surface area contributed by atoms with Gasteiger partial charge in [-0.2, -0.15) is 5.26 Å². The molecule has 4 unspecified atom stereocenters. The van der Waals surface area contributed by atoms with E-state index in [1.54, 1.807) is 12.1 Å². The zero-order valence-corrected chi connectivity index (χ0v) is 23.8. The van der Waals surface area contributed by atoms with Crippen LogP contribution in [0.5, 0.6) is 0 Å². The summed E-state index contributed by atoms with van der Waals surface area (Å²) in [5, 5.41) is 14.7. The Bertz CT molecular complexity index is 1420. The molecular formula is C33H34N4O3S. The summed E-state index contributed by atoms with van der Waals surface area (Å²) in [5.74, 6) is -1.55. The summed E-state index contributed by atoms with van der Waals surface area (Å²) < 4.78 is 0. The van der Waals surface area contributed by atoms with Gasteiger partial charge in [0.15, 0.2) is 5.78 Å². The van der Waals surface area contributed by atoms with E-state index in [1.165, 1.54) is 11.3 Å². The van der Waals surface area contributed by atoms with Crippen LogP contribution in [0.2, 0.25) is 0 Å². The Kier molecular flexibility index (Phi) is 8.00. The molecule has 3 aromatic rings. The monoisotopic (exact) mass is 566 g/mol. The normalized spacial score (nSPS) is 24.8. The van der Waals surface area contributed by atoms with Gasteiger partial charge in [-0.3, -0.25) is 14.4 Å². The Morgan fingerprint density at radius 1 is 0.854 bits per heavy atom. The van der Waals surface area contributed by atoms with Gasteiger partial charge in [0.2, 0.25) is 11.8 Å². The van der Waals surface area contributed by atoms with Crippen LogP contribution in [0.15, 0.2) is 72.1 Å². The number of nitrogens with one attached hydrogen (secondary N) is 1. The quantitative estimate of drug-likeness (QED) is 0.434. The van der Waals surface area contributed by atoms with Gasteiger partial charge < -0.3 is 15.1 Å². The molecule has 3 fully saturated rings. The first-order valence-corrected chi connectivity index (χ1v) is 15.4. The summed E-state index contributed by atoms with van der Waals surface area (Å²) in [6, 6.07) is 21.4. The van der Waals surface area contributed by atoms with E-state index in [1.807, 2.05) is 69.8 Å². The van der Waals surface area contributed by atoms with E-state index in [9.17, 15) is 19.6 Å². The standard InChI is InChI=1S/C33H34N4O3S/c34-21-22-12-14-23(15-13-22)27-28(31(38)26-11-6-20-41-26)29(24-7-2-1-3-8-24)37(32(39)25-9-4-5-10-25)30(27)33(40)36-18-16-35-17-19-36/h1-3,6-8,11-15,20,25,27-30,35H,4-5,9-10,16-19H2. The molecule has 0 spiro atoms. The highest BCUT2D eigenvalue weighted by molar-refractivity contribution is 7.12. The second kappa shape index (κ2) is 12.0. The van der Waals surface area contributed by atoms with Gasteiger partial charge in [-0.1, -0.05) is 61.4 Å². The summed E-state index contributed by atoms with van der Waals surface area (Å²) in [7, 11) is 0. The molecule has 7 nitrogen and oxygen atoms in total. The average molecular weight is 567 g/mol. The predicted molar refractivity (Wildman–Crippen MR) is 157 cm³/mol. The Hall–Kier alpha value is -3.80. The number of likely N-dealkylation sites (tertiary alicyclic amines) is 1. The van der Waals surface area contributed by atoms with Crippen LogP contribution in [-0.4, -0.2) is 59.6 Å². The molecule has 1 aliphatic carbocycles. The van der Waals surface area contributed by atoms with Crippen molar-refractivity contribution in [1.29, 1.82) is 5.26 Å². The van der Waals surface area contributed by atoms with Crippen LogP contribution in [0, 0.1) is 23.2 Å². The zero-order chi connectivity index (χ0) is 28.3. The lowest BCUT2D eigenvalue weighted by Gasteiger charge is -2.37. The van der Waals surface area contributed by atoms with E-state index >= 15 is 0 Å². The Morgan fingerprint density at radius 3 is 2.20 bits per heavy atom. The van der Waals surface area contributed by atoms with Gasteiger partial charge in [-0.05, 0) is 47.5 Å². The van der Waals surface area contributed by atoms with Crippen LogP contribution in [0.3, 0.4) is 0 Å². The first-order valence-electron chi connectivity index (χ1n) is 14.5. The highest BCUT2D eigenvalue weighted by Gasteiger charge is 2.58. The van der Waals surface area contributed by atoms with Crippen LogP contribution >= 0.6 is 11.3 Å². The fraction of sp³-hybridized carbons (Fsp3) is 0.394.